The largest absolute Gasteiger partial charge is 0.465 e. The zero-order valence-electron chi connectivity index (χ0n) is 13.3. The molecule has 2 aromatic rings. The first-order valence-electron chi connectivity index (χ1n) is 7.33. The molecule has 1 N–H and O–H groups in total. The molecule has 2 rings (SSSR count). The molecule has 0 aromatic heterocycles. The molecule has 0 saturated heterocycles. The fourth-order valence-corrected chi connectivity index (χ4v) is 3.80. The van der Waals surface area contributed by atoms with Crippen LogP contribution in [-0.4, -0.2) is 21.5 Å². The van der Waals surface area contributed by atoms with Crippen molar-refractivity contribution < 1.29 is 17.9 Å². The standard InChI is InChI=1S/C17H18BrNO4S/c1-3-16(12-4-8-14(18)9-5-12)19-24(21,22)15-10-6-13(7-11-15)17(20)23-2/h4-11,16,19H,3H2,1-2H3. The van der Waals surface area contributed by atoms with E-state index in [1.54, 1.807) is 0 Å². The Labute approximate surface area is 150 Å². The molecule has 7 heteroatoms. The normalized spacial score (nSPS) is 12.6. The van der Waals surface area contributed by atoms with Crippen LogP contribution in [0.5, 0.6) is 0 Å². The summed E-state index contributed by atoms with van der Waals surface area (Å²) in [5.41, 5.74) is 1.19. The third-order valence-corrected chi connectivity index (χ3v) is 5.58. The molecule has 0 aliphatic rings. The first-order valence-corrected chi connectivity index (χ1v) is 9.61. The molecule has 1 unspecified atom stereocenters. The van der Waals surface area contributed by atoms with Crippen LogP contribution >= 0.6 is 15.9 Å². The van der Waals surface area contributed by atoms with Crippen molar-refractivity contribution in [2.24, 2.45) is 0 Å². The number of methoxy groups -OCH3 is 1. The number of sulfonamides is 1. The number of halogens is 1. The summed E-state index contributed by atoms with van der Waals surface area (Å²) < 4.78 is 33.3. The molecule has 5 nitrogen and oxygen atoms in total. The summed E-state index contributed by atoms with van der Waals surface area (Å²) >= 11 is 3.36. The lowest BCUT2D eigenvalue weighted by Gasteiger charge is -2.18. The number of hydrogen-bond acceptors (Lipinski definition) is 4. The average Bonchev–Trinajstić information content (AvgIpc) is 2.60. The van der Waals surface area contributed by atoms with Crippen LogP contribution in [0.4, 0.5) is 0 Å². The molecule has 24 heavy (non-hydrogen) atoms. The van der Waals surface area contributed by atoms with Crippen LogP contribution in [0.2, 0.25) is 0 Å². The van der Waals surface area contributed by atoms with E-state index in [0.717, 1.165) is 10.0 Å². The van der Waals surface area contributed by atoms with Gasteiger partial charge in [0, 0.05) is 10.5 Å². The van der Waals surface area contributed by atoms with Crippen LogP contribution in [0.15, 0.2) is 57.9 Å². The van der Waals surface area contributed by atoms with Gasteiger partial charge in [-0.25, -0.2) is 17.9 Å². The van der Waals surface area contributed by atoms with Gasteiger partial charge in [0.25, 0.3) is 0 Å². The van der Waals surface area contributed by atoms with E-state index in [0.29, 0.717) is 12.0 Å². The molecular weight excluding hydrogens is 394 g/mol. The minimum Gasteiger partial charge on any atom is -0.465 e. The van der Waals surface area contributed by atoms with Crippen molar-refractivity contribution >= 4 is 31.9 Å². The molecule has 2 aromatic carbocycles. The lowest BCUT2D eigenvalue weighted by atomic mass is 10.1. The molecule has 0 aliphatic heterocycles. The topological polar surface area (TPSA) is 72.5 Å². The van der Waals surface area contributed by atoms with Gasteiger partial charge >= 0.3 is 5.97 Å². The predicted molar refractivity (Wildman–Crippen MR) is 95.3 cm³/mol. The zero-order valence-corrected chi connectivity index (χ0v) is 15.7. The molecule has 0 bridgehead atoms. The summed E-state index contributed by atoms with van der Waals surface area (Å²) in [5, 5.41) is 0. The molecule has 1 atom stereocenters. The van der Waals surface area contributed by atoms with Gasteiger partial charge in [0.1, 0.15) is 0 Å². The van der Waals surface area contributed by atoms with Crippen molar-refractivity contribution in [1.29, 1.82) is 0 Å². The number of esters is 1. The molecule has 0 heterocycles. The molecule has 128 valence electrons. The second-order valence-electron chi connectivity index (χ2n) is 5.15. The summed E-state index contributed by atoms with van der Waals surface area (Å²) in [4.78, 5) is 11.5. The Morgan fingerprint density at radius 3 is 2.21 bits per heavy atom. The molecule has 0 saturated carbocycles. The number of carbonyl (C=O) groups excluding carboxylic acids is 1. The van der Waals surface area contributed by atoms with Crippen LogP contribution in [-0.2, 0) is 14.8 Å². The minimum absolute atomic E-state index is 0.103. The van der Waals surface area contributed by atoms with Gasteiger partial charge in [-0.05, 0) is 48.4 Å². The highest BCUT2D eigenvalue weighted by Crippen LogP contribution is 2.22. The van der Waals surface area contributed by atoms with E-state index in [4.69, 9.17) is 0 Å². The van der Waals surface area contributed by atoms with Gasteiger partial charge in [-0.1, -0.05) is 35.0 Å². The molecule has 0 spiro atoms. The van der Waals surface area contributed by atoms with Crippen molar-refractivity contribution in [2.45, 2.75) is 24.3 Å². The van der Waals surface area contributed by atoms with Gasteiger partial charge in [-0.15, -0.1) is 0 Å². The number of hydrogen-bond donors (Lipinski definition) is 1. The van der Waals surface area contributed by atoms with E-state index < -0.39 is 16.0 Å². The Morgan fingerprint density at radius 1 is 1.12 bits per heavy atom. The Kier molecular flexibility index (Phi) is 6.15. The second-order valence-corrected chi connectivity index (χ2v) is 7.78. The number of rotatable bonds is 6. The first-order chi connectivity index (χ1) is 11.4. The van der Waals surface area contributed by atoms with Gasteiger partial charge in [0.15, 0.2) is 0 Å². The van der Waals surface area contributed by atoms with Crippen molar-refractivity contribution in [1.82, 2.24) is 4.72 Å². The molecule has 0 fully saturated rings. The number of benzene rings is 2. The van der Waals surface area contributed by atoms with Crippen LogP contribution in [0.3, 0.4) is 0 Å². The van der Waals surface area contributed by atoms with Gasteiger partial charge in [0.05, 0.1) is 17.6 Å². The maximum atomic E-state index is 12.6. The first kappa shape index (κ1) is 18.6. The van der Waals surface area contributed by atoms with E-state index in [1.165, 1.54) is 31.4 Å². The maximum Gasteiger partial charge on any atom is 0.337 e. The third-order valence-electron chi connectivity index (χ3n) is 3.56. The minimum atomic E-state index is -3.69. The quantitative estimate of drug-likeness (QED) is 0.735. The summed E-state index contributed by atoms with van der Waals surface area (Å²) in [6, 6.07) is 12.8. The van der Waals surface area contributed by atoms with Crippen molar-refractivity contribution in [3.8, 4) is 0 Å². The van der Waals surface area contributed by atoms with Crippen LogP contribution < -0.4 is 4.72 Å². The maximum absolute atomic E-state index is 12.6. The van der Waals surface area contributed by atoms with Crippen molar-refractivity contribution in [2.75, 3.05) is 7.11 Å². The molecular formula is C17H18BrNO4S. The Hall–Kier alpha value is -1.70. The molecule has 0 amide bonds. The van der Waals surface area contributed by atoms with Gasteiger partial charge in [-0.3, -0.25) is 0 Å². The fraction of sp³-hybridized carbons (Fsp3) is 0.235. The number of carbonyl (C=O) groups is 1. The SMILES string of the molecule is CCC(NS(=O)(=O)c1ccc(C(=O)OC)cc1)c1ccc(Br)cc1. The van der Waals surface area contributed by atoms with E-state index >= 15 is 0 Å². The Balaban J connectivity index is 2.22. The smallest absolute Gasteiger partial charge is 0.337 e. The monoisotopic (exact) mass is 411 g/mol. The van der Waals surface area contributed by atoms with Crippen LogP contribution in [0.1, 0.15) is 35.3 Å². The Morgan fingerprint density at radius 2 is 1.71 bits per heavy atom. The fourth-order valence-electron chi connectivity index (χ4n) is 2.23. The van der Waals surface area contributed by atoms with E-state index in [2.05, 4.69) is 25.4 Å². The third kappa shape index (κ3) is 4.43. The van der Waals surface area contributed by atoms with E-state index in [9.17, 15) is 13.2 Å². The summed E-state index contributed by atoms with van der Waals surface area (Å²) in [6.07, 6.45) is 0.612. The highest BCUT2D eigenvalue weighted by Gasteiger charge is 2.20. The highest BCUT2D eigenvalue weighted by atomic mass is 79.9. The summed E-state index contributed by atoms with van der Waals surface area (Å²) in [5.74, 6) is -0.506. The number of ether oxygens (including phenoxy) is 1. The Bertz CT molecular complexity index is 801. The van der Waals surface area contributed by atoms with Gasteiger partial charge in [0.2, 0.25) is 10.0 Å². The van der Waals surface area contributed by atoms with Crippen molar-refractivity contribution in [3.63, 3.8) is 0 Å². The van der Waals surface area contributed by atoms with Gasteiger partial charge in [-0.2, -0.15) is 0 Å². The highest BCUT2D eigenvalue weighted by molar-refractivity contribution is 9.10. The zero-order chi connectivity index (χ0) is 17.7. The van der Waals surface area contributed by atoms with Crippen LogP contribution in [0.25, 0.3) is 0 Å². The molecule has 0 radical (unpaired) electrons. The lowest BCUT2D eigenvalue weighted by molar-refractivity contribution is 0.0600. The number of nitrogens with one attached hydrogen (secondary N) is 1. The predicted octanol–water partition coefficient (Wildman–Crippen LogP) is 3.67. The molecule has 0 aliphatic carbocycles. The average molecular weight is 412 g/mol. The van der Waals surface area contributed by atoms with E-state index in [-0.39, 0.29) is 10.9 Å². The van der Waals surface area contributed by atoms with Crippen molar-refractivity contribution in [3.05, 3.63) is 64.1 Å². The summed E-state index contributed by atoms with van der Waals surface area (Å²) in [6.45, 7) is 1.91. The second kappa shape index (κ2) is 7.92. The van der Waals surface area contributed by atoms with Crippen LogP contribution in [0, 0.1) is 0 Å². The van der Waals surface area contributed by atoms with E-state index in [1.807, 2.05) is 31.2 Å². The van der Waals surface area contributed by atoms with Gasteiger partial charge < -0.3 is 4.74 Å². The lowest BCUT2D eigenvalue weighted by Crippen LogP contribution is -2.28. The summed E-state index contributed by atoms with van der Waals surface area (Å²) in [7, 11) is -2.42.